The molecule has 4 heteroatoms. The zero-order chi connectivity index (χ0) is 10.6. The quantitative estimate of drug-likeness (QED) is 0.546. The van der Waals surface area contributed by atoms with Gasteiger partial charge in [-0.15, -0.1) is 0 Å². The molecular formula is C10H13N3S. The highest BCUT2D eigenvalue weighted by Gasteiger charge is 2.03. The molecular weight excluding hydrogens is 194 g/mol. The average Bonchev–Trinajstić information content (AvgIpc) is 2.18. The van der Waals surface area contributed by atoms with Gasteiger partial charge in [-0.3, -0.25) is 10.4 Å². The van der Waals surface area contributed by atoms with Crippen LogP contribution in [0.25, 0.3) is 0 Å². The van der Waals surface area contributed by atoms with Crippen molar-refractivity contribution >= 4 is 22.0 Å². The summed E-state index contributed by atoms with van der Waals surface area (Å²) in [7, 11) is 1.62. The molecule has 1 rings (SSSR count). The molecule has 0 aliphatic rings. The van der Waals surface area contributed by atoms with Gasteiger partial charge in [0.2, 0.25) is 0 Å². The van der Waals surface area contributed by atoms with Gasteiger partial charge in [0.1, 0.15) is 5.04 Å². The van der Waals surface area contributed by atoms with Crippen molar-refractivity contribution in [2.45, 2.75) is 6.92 Å². The van der Waals surface area contributed by atoms with E-state index in [1.54, 1.807) is 7.05 Å². The SMILES string of the molecule is CN=C(N)SC(=N)c1ccc(C)cc1. The van der Waals surface area contributed by atoms with Crippen LogP contribution >= 0.6 is 11.8 Å². The number of hydrogen-bond donors (Lipinski definition) is 2. The summed E-state index contributed by atoms with van der Waals surface area (Å²) in [6, 6.07) is 7.77. The molecule has 0 spiro atoms. The van der Waals surface area contributed by atoms with E-state index < -0.39 is 0 Å². The van der Waals surface area contributed by atoms with Gasteiger partial charge in [-0.05, 0) is 18.7 Å². The van der Waals surface area contributed by atoms with E-state index in [1.807, 2.05) is 31.2 Å². The standard InChI is InChI=1S/C10H13N3S/c1-7-3-5-8(6-4-7)9(11)14-10(12)13-2/h3-6,11H,1-2H3,(H2,12,13). The predicted molar refractivity (Wildman–Crippen MR) is 63.1 cm³/mol. The number of thioether (sulfide) groups is 1. The van der Waals surface area contributed by atoms with Gasteiger partial charge in [-0.1, -0.05) is 29.8 Å². The van der Waals surface area contributed by atoms with Crippen molar-refractivity contribution in [2.24, 2.45) is 10.7 Å². The lowest BCUT2D eigenvalue weighted by Crippen LogP contribution is -2.09. The first-order chi connectivity index (χ1) is 6.63. The maximum Gasteiger partial charge on any atom is 0.160 e. The topological polar surface area (TPSA) is 62.2 Å². The minimum atomic E-state index is 0.413. The Kier molecular flexibility index (Phi) is 3.71. The third-order valence-electron chi connectivity index (χ3n) is 1.74. The number of amidine groups is 1. The van der Waals surface area contributed by atoms with Crippen molar-refractivity contribution in [1.29, 1.82) is 5.41 Å². The smallest absolute Gasteiger partial charge is 0.160 e. The molecule has 0 amide bonds. The molecule has 3 nitrogen and oxygen atoms in total. The number of aryl methyl sites for hydroxylation is 1. The molecule has 14 heavy (non-hydrogen) atoms. The summed E-state index contributed by atoms with van der Waals surface area (Å²) < 4.78 is 0. The van der Waals surface area contributed by atoms with E-state index in [4.69, 9.17) is 11.1 Å². The monoisotopic (exact) mass is 207 g/mol. The van der Waals surface area contributed by atoms with Gasteiger partial charge in [0.25, 0.3) is 0 Å². The summed E-state index contributed by atoms with van der Waals surface area (Å²) in [5, 5.41) is 8.57. The van der Waals surface area contributed by atoms with Crippen LogP contribution in [0.2, 0.25) is 0 Å². The van der Waals surface area contributed by atoms with Gasteiger partial charge in [0.05, 0.1) is 0 Å². The largest absolute Gasteiger partial charge is 0.378 e. The summed E-state index contributed by atoms with van der Waals surface area (Å²) in [5.74, 6) is 0. The fraction of sp³-hybridized carbons (Fsp3) is 0.200. The Morgan fingerprint density at radius 1 is 1.36 bits per heavy atom. The number of aliphatic imine (C=N–C) groups is 1. The fourth-order valence-corrected chi connectivity index (χ4v) is 1.47. The minimum absolute atomic E-state index is 0.413. The second-order valence-electron chi connectivity index (χ2n) is 2.86. The molecule has 0 aliphatic heterocycles. The van der Waals surface area contributed by atoms with Crippen molar-refractivity contribution in [3.05, 3.63) is 35.4 Å². The van der Waals surface area contributed by atoms with Crippen LogP contribution in [-0.4, -0.2) is 17.3 Å². The molecule has 0 aromatic heterocycles. The second-order valence-corrected chi connectivity index (χ2v) is 3.89. The lowest BCUT2D eigenvalue weighted by atomic mass is 10.2. The maximum absolute atomic E-state index is 7.74. The molecule has 0 atom stereocenters. The van der Waals surface area contributed by atoms with Crippen molar-refractivity contribution in [2.75, 3.05) is 7.05 Å². The minimum Gasteiger partial charge on any atom is -0.378 e. The van der Waals surface area contributed by atoms with Crippen LogP contribution in [0.5, 0.6) is 0 Å². The fourth-order valence-electron chi connectivity index (χ4n) is 0.914. The molecule has 0 heterocycles. The van der Waals surface area contributed by atoms with E-state index in [0.29, 0.717) is 10.2 Å². The van der Waals surface area contributed by atoms with E-state index in [0.717, 1.165) is 5.56 Å². The molecule has 74 valence electrons. The summed E-state index contributed by atoms with van der Waals surface area (Å²) in [6.07, 6.45) is 0. The molecule has 0 aliphatic carbocycles. The highest BCUT2D eigenvalue weighted by molar-refractivity contribution is 8.26. The Bertz CT molecular complexity index is 354. The zero-order valence-electron chi connectivity index (χ0n) is 8.24. The van der Waals surface area contributed by atoms with Gasteiger partial charge in [-0.2, -0.15) is 0 Å². The first kappa shape index (κ1) is 10.8. The van der Waals surface area contributed by atoms with Gasteiger partial charge in [-0.25, -0.2) is 0 Å². The second kappa shape index (κ2) is 4.81. The van der Waals surface area contributed by atoms with Crippen LogP contribution in [0.4, 0.5) is 0 Å². The molecule has 1 aromatic rings. The van der Waals surface area contributed by atoms with Crippen LogP contribution < -0.4 is 5.73 Å². The van der Waals surface area contributed by atoms with Gasteiger partial charge >= 0.3 is 0 Å². The molecule has 0 fully saturated rings. The normalized spacial score (nSPS) is 11.4. The molecule has 3 N–H and O–H groups in total. The van der Waals surface area contributed by atoms with Gasteiger partial charge in [0.15, 0.2) is 5.17 Å². The Morgan fingerprint density at radius 2 is 1.93 bits per heavy atom. The third kappa shape index (κ3) is 2.88. The van der Waals surface area contributed by atoms with Gasteiger partial charge < -0.3 is 5.73 Å². The maximum atomic E-state index is 7.74. The van der Waals surface area contributed by atoms with Crippen LogP contribution in [-0.2, 0) is 0 Å². The van der Waals surface area contributed by atoms with Crippen LogP contribution in [0.15, 0.2) is 29.3 Å². The molecule has 0 saturated heterocycles. The summed E-state index contributed by atoms with van der Waals surface area (Å²) in [5.41, 5.74) is 7.56. The van der Waals surface area contributed by atoms with Crippen molar-refractivity contribution < 1.29 is 0 Å². The first-order valence-electron chi connectivity index (χ1n) is 4.19. The number of nitrogens with two attached hydrogens (primary N) is 1. The Balaban J connectivity index is 2.75. The first-order valence-corrected chi connectivity index (χ1v) is 5.01. The number of rotatable bonds is 1. The summed E-state index contributed by atoms with van der Waals surface area (Å²) >= 11 is 1.17. The van der Waals surface area contributed by atoms with Crippen molar-refractivity contribution in [3.8, 4) is 0 Å². The lowest BCUT2D eigenvalue weighted by Gasteiger charge is -2.02. The number of nitrogens with one attached hydrogen (secondary N) is 1. The van der Waals surface area contributed by atoms with Crippen LogP contribution in [0.3, 0.4) is 0 Å². The van der Waals surface area contributed by atoms with Crippen molar-refractivity contribution in [3.63, 3.8) is 0 Å². The van der Waals surface area contributed by atoms with E-state index in [2.05, 4.69) is 4.99 Å². The molecule has 0 unspecified atom stereocenters. The third-order valence-corrected chi connectivity index (χ3v) is 2.57. The number of nitrogens with zero attached hydrogens (tertiary/aromatic N) is 1. The number of hydrogen-bond acceptors (Lipinski definition) is 3. The molecule has 0 radical (unpaired) electrons. The van der Waals surface area contributed by atoms with Crippen LogP contribution in [0, 0.1) is 12.3 Å². The highest BCUT2D eigenvalue weighted by Crippen LogP contribution is 2.12. The van der Waals surface area contributed by atoms with E-state index in [-0.39, 0.29) is 0 Å². The van der Waals surface area contributed by atoms with Crippen molar-refractivity contribution in [1.82, 2.24) is 0 Å². The molecule has 0 saturated carbocycles. The predicted octanol–water partition coefficient (Wildman–Crippen LogP) is 2.00. The highest BCUT2D eigenvalue weighted by atomic mass is 32.2. The Labute approximate surface area is 87.9 Å². The van der Waals surface area contributed by atoms with Crippen LogP contribution in [0.1, 0.15) is 11.1 Å². The lowest BCUT2D eigenvalue weighted by molar-refractivity contribution is 1.44. The molecule has 1 aromatic carbocycles. The summed E-state index contributed by atoms with van der Waals surface area (Å²) in [4.78, 5) is 3.79. The zero-order valence-corrected chi connectivity index (χ0v) is 9.06. The van der Waals surface area contributed by atoms with E-state index in [9.17, 15) is 0 Å². The summed E-state index contributed by atoms with van der Waals surface area (Å²) in [6.45, 7) is 2.02. The van der Waals surface area contributed by atoms with E-state index in [1.165, 1.54) is 17.3 Å². The Morgan fingerprint density at radius 3 is 2.43 bits per heavy atom. The Hall–Kier alpha value is -1.29. The van der Waals surface area contributed by atoms with Gasteiger partial charge in [0, 0.05) is 12.6 Å². The number of benzene rings is 1. The van der Waals surface area contributed by atoms with E-state index >= 15 is 0 Å². The molecule has 0 bridgehead atoms. The average molecular weight is 207 g/mol.